The van der Waals surface area contributed by atoms with E-state index >= 15 is 0 Å². The summed E-state index contributed by atoms with van der Waals surface area (Å²) >= 11 is 6.75. The van der Waals surface area contributed by atoms with Crippen LogP contribution in [0.15, 0.2) is 65.8 Å². The van der Waals surface area contributed by atoms with Crippen LogP contribution in [0.4, 0.5) is 24.5 Å². The Morgan fingerprint density at radius 2 is 1.79 bits per heavy atom. The molecule has 1 heterocycles. The Balaban J connectivity index is 1.55. The van der Waals surface area contributed by atoms with Gasteiger partial charge in [-0.15, -0.1) is 0 Å². The van der Waals surface area contributed by atoms with Crippen LogP contribution in [0.5, 0.6) is 5.75 Å². The summed E-state index contributed by atoms with van der Waals surface area (Å²) in [7, 11) is 1.50. The van der Waals surface area contributed by atoms with Gasteiger partial charge in [-0.3, -0.25) is 9.59 Å². The van der Waals surface area contributed by atoms with Gasteiger partial charge in [-0.25, -0.2) is 4.98 Å². The van der Waals surface area contributed by atoms with Crippen molar-refractivity contribution >= 4 is 46.6 Å². The molecule has 0 atom stereocenters. The van der Waals surface area contributed by atoms with Gasteiger partial charge in [-0.1, -0.05) is 35.5 Å². The van der Waals surface area contributed by atoms with Crippen LogP contribution in [0.3, 0.4) is 0 Å². The van der Waals surface area contributed by atoms with Gasteiger partial charge in [0.2, 0.25) is 5.91 Å². The van der Waals surface area contributed by atoms with E-state index in [-0.39, 0.29) is 21.7 Å². The first-order valence-corrected chi connectivity index (χ1v) is 10.7. The maximum Gasteiger partial charge on any atom is 0.417 e. The van der Waals surface area contributed by atoms with Gasteiger partial charge in [-0.2, -0.15) is 13.2 Å². The smallest absolute Gasteiger partial charge is 0.417 e. The van der Waals surface area contributed by atoms with E-state index in [4.69, 9.17) is 16.3 Å². The molecule has 33 heavy (non-hydrogen) atoms. The molecule has 11 heteroatoms. The van der Waals surface area contributed by atoms with Gasteiger partial charge in [-0.05, 0) is 42.5 Å². The number of carbonyl (C=O) groups excluding carboxylic acids is 2. The number of halogens is 4. The predicted octanol–water partition coefficient (Wildman–Crippen LogP) is 5.75. The number of nitrogens with zero attached hydrogens (tertiary/aromatic N) is 1. The summed E-state index contributed by atoms with van der Waals surface area (Å²) in [6.07, 6.45) is -3.88. The van der Waals surface area contributed by atoms with Crippen LogP contribution >= 0.6 is 23.4 Å². The number of hydrogen-bond acceptors (Lipinski definition) is 5. The maximum absolute atomic E-state index is 12.7. The first kappa shape index (κ1) is 24.4. The van der Waals surface area contributed by atoms with Crippen molar-refractivity contribution in [2.24, 2.45) is 0 Å². The minimum Gasteiger partial charge on any atom is -0.495 e. The topological polar surface area (TPSA) is 80.3 Å². The van der Waals surface area contributed by atoms with E-state index in [0.717, 1.165) is 17.8 Å². The molecule has 0 radical (unpaired) electrons. The number of alkyl halides is 3. The Bertz CT molecular complexity index is 1160. The molecule has 0 saturated carbocycles. The number of thioether (sulfide) groups is 1. The van der Waals surface area contributed by atoms with Crippen LogP contribution < -0.4 is 15.4 Å². The molecule has 0 fully saturated rings. The molecule has 2 N–H and O–H groups in total. The van der Waals surface area contributed by atoms with Crippen LogP contribution in [0, 0.1) is 0 Å². The fourth-order valence-electron chi connectivity index (χ4n) is 2.66. The molecule has 2 amide bonds. The largest absolute Gasteiger partial charge is 0.495 e. The summed E-state index contributed by atoms with van der Waals surface area (Å²) in [5.74, 6) is -0.358. The standard InChI is InChI=1S/C22H17ClF3N3O3S/c1-32-18-5-3-2-4-17(18)29-20(31)13-6-8-15(9-7-13)28-19(30)12-33-21-16(23)10-14(11-27-21)22(24,25)26/h2-11H,12H2,1H3,(H,28,30)(H,29,31). The molecular formula is C22H17ClF3N3O3S. The second kappa shape index (κ2) is 10.6. The quantitative estimate of drug-likeness (QED) is 0.408. The summed E-state index contributed by atoms with van der Waals surface area (Å²) in [5.41, 5.74) is 0.376. The molecule has 0 bridgehead atoms. The number of aromatic nitrogens is 1. The Kier molecular flexibility index (Phi) is 7.83. The van der Waals surface area contributed by atoms with E-state index in [1.807, 2.05) is 0 Å². The number of hydrogen-bond donors (Lipinski definition) is 2. The van der Waals surface area contributed by atoms with Crippen LogP contribution in [0.1, 0.15) is 15.9 Å². The van der Waals surface area contributed by atoms with Gasteiger partial charge >= 0.3 is 6.18 Å². The Morgan fingerprint density at radius 3 is 2.42 bits per heavy atom. The molecule has 0 unspecified atom stereocenters. The number of ether oxygens (including phenoxy) is 1. The van der Waals surface area contributed by atoms with Crippen molar-refractivity contribution in [2.75, 3.05) is 23.5 Å². The number of anilines is 2. The molecule has 3 rings (SSSR count). The minimum absolute atomic E-state index is 0.114. The van der Waals surface area contributed by atoms with Crippen molar-refractivity contribution in [3.8, 4) is 5.75 Å². The normalized spacial score (nSPS) is 11.1. The SMILES string of the molecule is COc1ccccc1NC(=O)c1ccc(NC(=O)CSc2ncc(C(F)(F)F)cc2Cl)cc1. The second-order valence-corrected chi connectivity index (χ2v) is 7.95. The zero-order valence-electron chi connectivity index (χ0n) is 17.1. The lowest BCUT2D eigenvalue weighted by atomic mass is 10.2. The van der Waals surface area contributed by atoms with E-state index in [2.05, 4.69) is 15.6 Å². The third-order valence-electron chi connectivity index (χ3n) is 4.26. The van der Waals surface area contributed by atoms with Crippen molar-refractivity contribution in [2.45, 2.75) is 11.2 Å². The molecule has 172 valence electrons. The molecular weight excluding hydrogens is 479 g/mol. The van der Waals surface area contributed by atoms with Crippen LogP contribution in [-0.4, -0.2) is 29.7 Å². The van der Waals surface area contributed by atoms with E-state index < -0.39 is 17.6 Å². The molecule has 1 aromatic heterocycles. The van der Waals surface area contributed by atoms with E-state index in [1.165, 1.54) is 7.11 Å². The number of carbonyl (C=O) groups is 2. The third kappa shape index (κ3) is 6.62. The Hall–Kier alpha value is -3.24. The summed E-state index contributed by atoms with van der Waals surface area (Å²) in [6.45, 7) is 0. The van der Waals surface area contributed by atoms with Crippen molar-refractivity contribution in [1.29, 1.82) is 0 Å². The molecule has 3 aromatic rings. The molecule has 0 aliphatic rings. The lowest BCUT2D eigenvalue weighted by Gasteiger charge is -2.11. The second-order valence-electron chi connectivity index (χ2n) is 6.58. The predicted molar refractivity (Wildman–Crippen MR) is 121 cm³/mol. The highest BCUT2D eigenvalue weighted by Crippen LogP contribution is 2.33. The molecule has 0 aliphatic carbocycles. The molecule has 0 spiro atoms. The van der Waals surface area contributed by atoms with Crippen LogP contribution in [0.2, 0.25) is 5.02 Å². The highest BCUT2D eigenvalue weighted by Gasteiger charge is 2.31. The number of methoxy groups -OCH3 is 1. The first-order chi connectivity index (χ1) is 15.7. The average molecular weight is 496 g/mol. The zero-order valence-corrected chi connectivity index (χ0v) is 18.6. The van der Waals surface area contributed by atoms with E-state index in [9.17, 15) is 22.8 Å². The lowest BCUT2D eigenvalue weighted by Crippen LogP contribution is -2.15. The zero-order chi connectivity index (χ0) is 24.0. The number of pyridine rings is 1. The molecule has 0 saturated heterocycles. The Labute approximate surface area is 196 Å². The van der Waals surface area contributed by atoms with Crippen LogP contribution in [-0.2, 0) is 11.0 Å². The van der Waals surface area contributed by atoms with Gasteiger partial charge < -0.3 is 15.4 Å². The van der Waals surface area contributed by atoms with E-state index in [0.29, 0.717) is 28.9 Å². The summed E-state index contributed by atoms with van der Waals surface area (Å²) in [4.78, 5) is 28.3. The van der Waals surface area contributed by atoms with Crippen molar-refractivity contribution in [1.82, 2.24) is 4.98 Å². The minimum atomic E-state index is -4.55. The lowest BCUT2D eigenvalue weighted by molar-refractivity contribution is -0.137. The molecule has 6 nitrogen and oxygen atoms in total. The number of benzene rings is 2. The number of para-hydroxylation sites is 2. The highest BCUT2D eigenvalue weighted by molar-refractivity contribution is 8.00. The summed E-state index contributed by atoms with van der Waals surface area (Å²) < 4.78 is 43.2. The third-order valence-corrected chi connectivity index (χ3v) is 5.67. The van der Waals surface area contributed by atoms with Gasteiger partial charge in [0.25, 0.3) is 5.91 Å². The number of amides is 2. The van der Waals surface area contributed by atoms with E-state index in [1.54, 1.807) is 48.5 Å². The summed E-state index contributed by atoms with van der Waals surface area (Å²) in [5, 5.41) is 5.32. The fourth-order valence-corrected chi connectivity index (χ4v) is 3.66. The van der Waals surface area contributed by atoms with Crippen LogP contribution in [0.25, 0.3) is 0 Å². The maximum atomic E-state index is 12.7. The van der Waals surface area contributed by atoms with Crippen molar-refractivity contribution in [3.63, 3.8) is 0 Å². The molecule has 0 aliphatic heterocycles. The number of nitrogens with one attached hydrogen (secondary N) is 2. The summed E-state index contributed by atoms with van der Waals surface area (Å²) in [6, 6.07) is 14.0. The fraction of sp³-hybridized carbons (Fsp3) is 0.136. The van der Waals surface area contributed by atoms with Gasteiger partial charge in [0.1, 0.15) is 10.8 Å². The van der Waals surface area contributed by atoms with Gasteiger partial charge in [0.15, 0.2) is 0 Å². The highest BCUT2D eigenvalue weighted by atomic mass is 35.5. The Morgan fingerprint density at radius 1 is 1.09 bits per heavy atom. The monoisotopic (exact) mass is 495 g/mol. The van der Waals surface area contributed by atoms with Gasteiger partial charge in [0.05, 0.1) is 29.1 Å². The molecule has 2 aromatic carbocycles. The average Bonchev–Trinajstić information content (AvgIpc) is 2.78. The number of rotatable bonds is 7. The first-order valence-electron chi connectivity index (χ1n) is 9.37. The van der Waals surface area contributed by atoms with Crippen molar-refractivity contribution in [3.05, 3.63) is 76.9 Å². The van der Waals surface area contributed by atoms with Gasteiger partial charge in [0, 0.05) is 17.4 Å². The van der Waals surface area contributed by atoms with Crippen molar-refractivity contribution < 1.29 is 27.5 Å².